The molecule has 1 aromatic carbocycles. The summed E-state index contributed by atoms with van der Waals surface area (Å²) < 4.78 is 62.5. The van der Waals surface area contributed by atoms with Gasteiger partial charge in [-0.1, -0.05) is 0 Å². The first-order chi connectivity index (χ1) is 9.62. The minimum atomic E-state index is -4.16. The fraction of sp³-hybridized carbons (Fsp3) is 0.417. The van der Waals surface area contributed by atoms with Crippen LogP contribution >= 0.6 is 0 Å². The summed E-state index contributed by atoms with van der Waals surface area (Å²) in [5.41, 5.74) is 0. The van der Waals surface area contributed by atoms with E-state index in [1.165, 1.54) is 0 Å². The molecule has 0 unspecified atom stereocenters. The number of piperidine rings is 1. The zero-order valence-corrected chi connectivity index (χ0v) is 12.9. The quantitative estimate of drug-likeness (QED) is 0.754. The van der Waals surface area contributed by atoms with Crippen molar-refractivity contribution in [1.82, 2.24) is 4.31 Å². The highest BCUT2D eigenvalue weighted by Crippen LogP contribution is 2.24. The smallest absolute Gasteiger partial charge is 0.246 e. The first kappa shape index (κ1) is 16.1. The Bertz CT molecular complexity index is 776. The lowest BCUT2D eigenvalue weighted by atomic mass is 10.1. The number of sulfone groups is 1. The third-order valence-corrected chi connectivity index (χ3v) is 6.25. The van der Waals surface area contributed by atoms with Crippen molar-refractivity contribution in [2.24, 2.45) is 0 Å². The molecule has 0 aliphatic carbocycles. The molecule has 6 nitrogen and oxygen atoms in total. The highest BCUT2D eigenvalue weighted by Gasteiger charge is 2.31. The molecule has 1 aliphatic rings. The van der Waals surface area contributed by atoms with Crippen LogP contribution in [0, 0.1) is 5.82 Å². The van der Waals surface area contributed by atoms with E-state index in [4.69, 9.17) is 0 Å². The van der Waals surface area contributed by atoms with Crippen LogP contribution in [0.1, 0.15) is 12.8 Å². The Morgan fingerprint density at radius 1 is 1.10 bits per heavy atom. The standard InChI is InChI=1S/C12H14FNO5S2/c1-20(16,17)10-2-3-11(13)12(8-10)21(18,19)14-6-4-9(15)5-7-14/h2-3,8H,4-7H2,1H3. The monoisotopic (exact) mass is 335 g/mol. The van der Waals surface area contributed by atoms with Crippen LogP contribution < -0.4 is 0 Å². The summed E-state index contributed by atoms with van der Waals surface area (Å²) in [5.74, 6) is -1.06. The van der Waals surface area contributed by atoms with E-state index in [0.717, 1.165) is 28.8 Å². The third kappa shape index (κ3) is 3.30. The van der Waals surface area contributed by atoms with Crippen molar-refractivity contribution in [3.63, 3.8) is 0 Å². The second-order valence-corrected chi connectivity index (χ2v) is 8.73. The van der Waals surface area contributed by atoms with E-state index in [1.54, 1.807) is 0 Å². The van der Waals surface area contributed by atoms with E-state index in [0.29, 0.717) is 0 Å². The van der Waals surface area contributed by atoms with Gasteiger partial charge in [0, 0.05) is 32.2 Å². The van der Waals surface area contributed by atoms with E-state index in [-0.39, 0.29) is 36.6 Å². The molecule has 0 aromatic heterocycles. The Balaban J connectivity index is 2.47. The molecule has 0 atom stereocenters. The van der Waals surface area contributed by atoms with Gasteiger partial charge in [0.2, 0.25) is 10.0 Å². The van der Waals surface area contributed by atoms with Gasteiger partial charge in [0.05, 0.1) is 4.90 Å². The molecule has 0 bridgehead atoms. The maximum atomic E-state index is 13.8. The molecular weight excluding hydrogens is 321 g/mol. The highest BCUT2D eigenvalue weighted by molar-refractivity contribution is 7.91. The molecule has 0 radical (unpaired) electrons. The van der Waals surface area contributed by atoms with E-state index >= 15 is 0 Å². The SMILES string of the molecule is CS(=O)(=O)c1ccc(F)c(S(=O)(=O)N2CCC(=O)CC2)c1. The van der Waals surface area contributed by atoms with Crippen LogP contribution in [0.25, 0.3) is 0 Å². The van der Waals surface area contributed by atoms with Crippen LogP contribution in [-0.4, -0.2) is 46.3 Å². The molecule has 1 aliphatic heterocycles. The third-order valence-electron chi connectivity index (χ3n) is 3.23. The van der Waals surface area contributed by atoms with Crippen molar-refractivity contribution in [2.75, 3.05) is 19.3 Å². The molecule has 21 heavy (non-hydrogen) atoms. The minimum Gasteiger partial charge on any atom is -0.300 e. The first-order valence-electron chi connectivity index (χ1n) is 6.14. The van der Waals surface area contributed by atoms with Crippen molar-refractivity contribution in [3.05, 3.63) is 24.0 Å². The Morgan fingerprint density at radius 3 is 2.19 bits per heavy atom. The van der Waals surface area contributed by atoms with E-state index in [1.807, 2.05) is 0 Å². The molecule has 9 heteroatoms. The molecule has 2 rings (SSSR count). The van der Waals surface area contributed by atoms with Gasteiger partial charge >= 0.3 is 0 Å². The molecule has 0 N–H and O–H groups in total. The zero-order valence-electron chi connectivity index (χ0n) is 11.2. The Labute approximate surface area is 122 Å². The summed E-state index contributed by atoms with van der Waals surface area (Å²) >= 11 is 0. The summed E-state index contributed by atoms with van der Waals surface area (Å²) in [6, 6.07) is 2.65. The van der Waals surface area contributed by atoms with Gasteiger partial charge < -0.3 is 0 Å². The fourth-order valence-corrected chi connectivity index (χ4v) is 4.28. The topological polar surface area (TPSA) is 88.6 Å². The molecule has 1 fully saturated rings. The minimum absolute atomic E-state index is 0.0241. The van der Waals surface area contributed by atoms with Gasteiger partial charge in [0.1, 0.15) is 16.5 Å². The van der Waals surface area contributed by atoms with Crippen LogP contribution in [0.4, 0.5) is 4.39 Å². The fourth-order valence-electron chi connectivity index (χ4n) is 2.03. The second kappa shape index (κ2) is 5.47. The lowest BCUT2D eigenvalue weighted by Gasteiger charge is -2.25. The summed E-state index contributed by atoms with van der Waals surface area (Å²) in [7, 11) is -7.80. The predicted molar refractivity (Wildman–Crippen MR) is 72.5 cm³/mol. The molecule has 1 saturated heterocycles. The van der Waals surface area contributed by atoms with Gasteiger partial charge in [0.25, 0.3) is 0 Å². The van der Waals surface area contributed by atoms with E-state index < -0.39 is 30.6 Å². The summed E-state index contributed by atoms with van der Waals surface area (Å²) in [5, 5.41) is 0. The molecular formula is C12H14FNO5S2. The number of sulfonamides is 1. The number of hydrogen-bond acceptors (Lipinski definition) is 5. The summed E-state index contributed by atoms with van der Waals surface area (Å²) in [6.45, 7) is -0.0482. The lowest BCUT2D eigenvalue weighted by molar-refractivity contribution is -0.120. The number of hydrogen-bond donors (Lipinski definition) is 0. The average molecular weight is 335 g/mol. The zero-order chi connectivity index (χ0) is 15.8. The molecule has 1 aromatic rings. The molecule has 1 heterocycles. The summed E-state index contributed by atoms with van der Waals surface area (Å²) in [4.78, 5) is 10.2. The van der Waals surface area contributed by atoms with Crippen LogP contribution in [0.15, 0.2) is 28.0 Å². The van der Waals surface area contributed by atoms with Gasteiger partial charge in [-0.3, -0.25) is 4.79 Å². The van der Waals surface area contributed by atoms with Gasteiger partial charge in [-0.25, -0.2) is 21.2 Å². The summed E-state index contributed by atoms with van der Waals surface area (Å²) in [6.07, 6.45) is 1.06. The van der Waals surface area contributed by atoms with Crippen molar-refractivity contribution < 1.29 is 26.0 Å². The largest absolute Gasteiger partial charge is 0.300 e. The highest BCUT2D eigenvalue weighted by atomic mass is 32.2. The van der Waals surface area contributed by atoms with Crippen LogP contribution in [0.5, 0.6) is 0 Å². The lowest BCUT2D eigenvalue weighted by Crippen LogP contribution is -2.38. The average Bonchev–Trinajstić information content (AvgIpc) is 2.38. The van der Waals surface area contributed by atoms with Crippen LogP contribution in [-0.2, 0) is 24.7 Å². The number of Topliss-reactive ketones (excluding diaryl/α,β-unsaturated/α-hetero) is 1. The normalized spacial score (nSPS) is 17.9. The van der Waals surface area contributed by atoms with Gasteiger partial charge in [-0.2, -0.15) is 4.31 Å². The van der Waals surface area contributed by atoms with Crippen LogP contribution in [0.2, 0.25) is 0 Å². The number of rotatable bonds is 3. The number of halogens is 1. The van der Waals surface area contributed by atoms with Crippen molar-refractivity contribution in [1.29, 1.82) is 0 Å². The van der Waals surface area contributed by atoms with Gasteiger partial charge in [0.15, 0.2) is 9.84 Å². The van der Waals surface area contributed by atoms with Crippen molar-refractivity contribution >= 4 is 25.6 Å². The first-order valence-corrected chi connectivity index (χ1v) is 9.47. The van der Waals surface area contributed by atoms with Crippen molar-refractivity contribution in [3.8, 4) is 0 Å². The number of ketones is 1. The maximum absolute atomic E-state index is 13.8. The number of benzene rings is 1. The molecule has 0 saturated carbocycles. The number of carbonyl (C=O) groups is 1. The molecule has 0 amide bonds. The molecule has 116 valence electrons. The van der Waals surface area contributed by atoms with Crippen LogP contribution in [0.3, 0.4) is 0 Å². The van der Waals surface area contributed by atoms with Gasteiger partial charge in [-0.15, -0.1) is 0 Å². The number of carbonyl (C=O) groups excluding carboxylic acids is 1. The van der Waals surface area contributed by atoms with E-state index in [9.17, 15) is 26.0 Å². The van der Waals surface area contributed by atoms with Gasteiger partial charge in [-0.05, 0) is 18.2 Å². The second-order valence-electron chi connectivity index (χ2n) is 4.81. The molecule has 0 spiro atoms. The Morgan fingerprint density at radius 2 is 1.67 bits per heavy atom. The number of nitrogens with zero attached hydrogens (tertiary/aromatic N) is 1. The Hall–Kier alpha value is -1.32. The van der Waals surface area contributed by atoms with E-state index in [2.05, 4.69) is 0 Å². The van der Waals surface area contributed by atoms with Crippen molar-refractivity contribution in [2.45, 2.75) is 22.6 Å². The predicted octanol–water partition coefficient (Wildman–Crippen LogP) is 0.583. The Kier molecular flexibility index (Phi) is 4.18. The maximum Gasteiger partial charge on any atom is 0.246 e.